The average Bonchev–Trinajstić information content (AvgIpc) is 2.95. The van der Waals surface area contributed by atoms with E-state index in [1.165, 1.54) is 0 Å². The molecule has 1 heterocycles. The first-order chi connectivity index (χ1) is 12.5. The molecule has 0 spiro atoms. The highest BCUT2D eigenvalue weighted by Crippen LogP contribution is 2.23. The lowest BCUT2D eigenvalue weighted by Crippen LogP contribution is -2.33. The van der Waals surface area contributed by atoms with Crippen LogP contribution < -0.4 is 10.6 Å². The lowest BCUT2D eigenvalue weighted by Gasteiger charge is -2.22. The van der Waals surface area contributed by atoms with Crippen LogP contribution in [-0.4, -0.2) is 53.0 Å². The minimum absolute atomic E-state index is 0. The third kappa shape index (κ3) is 6.85. The molecule has 0 bridgehead atoms. The van der Waals surface area contributed by atoms with Crippen molar-refractivity contribution in [2.75, 3.05) is 36.4 Å². The Morgan fingerprint density at radius 2 is 1.93 bits per heavy atom. The predicted molar refractivity (Wildman–Crippen MR) is 122 cm³/mol. The summed E-state index contributed by atoms with van der Waals surface area (Å²) in [6.07, 6.45) is 1.10. The minimum Gasteiger partial charge on any atom is -0.465 e. The van der Waals surface area contributed by atoms with Crippen LogP contribution >= 0.6 is 48.0 Å². The van der Waals surface area contributed by atoms with Gasteiger partial charge in [0.05, 0.1) is 17.6 Å². The van der Waals surface area contributed by atoms with Crippen LogP contribution in [0.15, 0.2) is 18.2 Å². The fourth-order valence-electron chi connectivity index (χ4n) is 2.88. The summed E-state index contributed by atoms with van der Waals surface area (Å²) < 4.78 is 6.98. The van der Waals surface area contributed by atoms with Gasteiger partial charge in [0.15, 0.2) is 0 Å². The number of hydrogen-bond acceptors (Lipinski definition) is 5. The Bertz CT molecular complexity index is 736. The van der Waals surface area contributed by atoms with Crippen LogP contribution in [0.3, 0.4) is 0 Å². The quantitative estimate of drug-likeness (QED) is 0.422. The molecule has 0 amide bonds. The van der Waals surface area contributed by atoms with Crippen molar-refractivity contribution in [2.24, 2.45) is 12.8 Å². The zero-order chi connectivity index (χ0) is 19.1. The van der Waals surface area contributed by atoms with Crippen LogP contribution in [0.25, 0.3) is 11.0 Å². The van der Waals surface area contributed by atoms with Gasteiger partial charge in [-0.05, 0) is 31.5 Å². The first-order valence-electron chi connectivity index (χ1n) is 8.76. The number of alkyl halides is 2. The Morgan fingerprint density at radius 3 is 2.50 bits per heavy atom. The number of fused-ring (bicyclic) bond motifs is 1. The molecule has 2 aromatic rings. The second kappa shape index (κ2) is 13.3. The molecule has 0 saturated carbocycles. The number of anilines is 1. The summed E-state index contributed by atoms with van der Waals surface area (Å²) in [7, 11) is 1.97. The number of nitrogens with zero attached hydrogens (tertiary/aromatic N) is 3. The Morgan fingerprint density at radius 1 is 1.29 bits per heavy atom. The number of ether oxygens (including phenoxy) is 1. The van der Waals surface area contributed by atoms with Gasteiger partial charge < -0.3 is 19.9 Å². The Hall–Kier alpha value is -0.920. The van der Waals surface area contributed by atoms with Gasteiger partial charge in [0.25, 0.3) is 0 Å². The number of carbonyl (C=O) groups is 1. The first-order valence-corrected chi connectivity index (χ1v) is 9.83. The van der Waals surface area contributed by atoms with Gasteiger partial charge in [-0.15, -0.1) is 48.0 Å². The SMILES string of the molecule is CCOC(=O)[C@@H](N)CCc1nc2cc(N(CCCl)CCCl)ccc2n1C.Cl.Cl. The third-order valence-electron chi connectivity index (χ3n) is 4.30. The number of esters is 1. The van der Waals surface area contributed by atoms with Crippen molar-refractivity contribution in [1.29, 1.82) is 0 Å². The highest BCUT2D eigenvalue weighted by molar-refractivity contribution is 6.18. The van der Waals surface area contributed by atoms with Crippen LogP contribution in [0.1, 0.15) is 19.2 Å². The summed E-state index contributed by atoms with van der Waals surface area (Å²) >= 11 is 11.8. The molecular formula is C18H28Cl4N4O2. The molecule has 0 aliphatic rings. The van der Waals surface area contributed by atoms with Crippen LogP contribution in [0.4, 0.5) is 5.69 Å². The van der Waals surface area contributed by atoms with E-state index in [9.17, 15) is 4.79 Å². The lowest BCUT2D eigenvalue weighted by atomic mass is 10.1. The molecular weight excluding hydrogens is 446 g/mol. The standard InChI is InChI=1S/C18H26Cl2N4O2.2ClH/c1-3-26-18(25)14(21)5-7-17-22-15-12-13(4-6-16(15)23(17)2)24(10-8-19)11-9-20;;/h4,6,12,14H,3,5,7-11,21H2,1-2H3;2*1H/t14-;;/m0../s1. The number of rotatable bonds is 10. The van der Waals surface area contributed by atoms with Gasteiger partial charge in [-0.2, -0.15) is 0 Å². The smallest absolute Gasteiger partial charge is 0.322 e. The van der Waals surface area contributed by atoms with Crippen LogP contribution in [-0.2, 0) is 23.0 Å². The Balaban J connectivity index is 0.00000364. The van der Waals surface area contributed by atoms with E-state index in [0.29, 0.717) is 31.2 Å². The van der Waals surface area contributed by atoms with Gasteiger partial charge in [-0.25, -0.2) is 4.98 Å². The predicted octanol–water partition coefficient (Wildman–Crippen LogP) is 3.52. The molecule has 6 nitrogen and oxygen atoms in total. The van der Waals surface area contributed by atoms with Crippen molar-refractivity contribution in [3.05, 3.63) is 24.0 Å². The molecule has 0 saturated heterocycles. The van der Waals surface area contributed by atoms with Gasteiger partial charge >= 0.3 is 5.97 Å². The van der Waals surface area contributed by atoms with Gasteiger partial charge in [0.2, 0.25) is 0 Å². The van der Waals surface area contributed by atoms with Crippen LogP contribution in [0.2, 0.25) is 0 Å². The van der Waals surface area contributed by atoms with E-state index in [1.54, 1.807) is 6.92 Å². The van der Waals surface area contributed by atoms with Crippen molar-refractivity contribution < 1.29 is 9.53 Å². The van der Waals surface area contributed by atoms with Crippen LogP contribution in [0.5, 0.6) is 0 Å². The van der Waals surface area contributed by atoms with E-state index in [2.05, 4.69) is 11.0 Å². The fourth-order valence-corrected chi connectivity index (χ4v) is 3.29. The normalized spacial score (nSPS) is 11.5. The molecule has 2 rings (SSSR count). The van der Waals surface area contributed by atoms with Gasteiger partial charge in [0, 0.05) is 44.0 Å². The minimum atomic E-state index is -0.631. The summed E-state index contributed by atoms with van der Waals surface area (Å²) in [4.78, 5) is 18.5. The number of nitrogens with two attached hydrogens (primary N) is 1. The maximum absolute atomic E-state index is 11.7. The highest BCUT2D eigenvalue weighted by Gasteiger charge is 2.17. The summed E-state index contributed by atoms with van der Waals surface area (Å²) in [5.41, 5.74) is 8.86. The second-order valence-corrected chi connectivity index (χ2v) is 6.78. The molecule has 1 aromatic heterocycles. The molecule has 1 atom stereocenters. The van der Waals surface area contributed by atoms with Gasteiger partial charge in [-0.1, -0.05) is 0 Å². The number of imidazole rings is 1. The van der Waals surface area contributed by atoms with E-state index >= 15 is 0 Å². The molecule has 160 valence electrons. The molecule has 0 fully saturated rings. The second-order valence-electron chi connectivity index (χ2n) is 6.02. The first kappa shape index (κ1) is 27.1. The van der Waals surface area contributed by atoms with E-state index in [-0.39, 0.29) is 30.8 Å². The topological polar surface area (TPSA) is 73.4 Å². The van der Waals surface area contributed by atoms with E-state index in [1.807, 2.05) is 23.7 Å². The molecule has 1 aromatic carbocycles. The molecule has 0 unspecified atom stereocenters. The lowest BCUT2D eigenvalue weighted by molar-refractivity contribution is -0.144. The molecule has 0 aliphatic carbocycles. The van der Waals surface area contributed by atoms with Gasteiger partial charge in [0.1, 0.15) is 11.9 Å². The van der Waals surface area contributed by atoms with E-state index < -0.39 is 6.04 Å². The fraction of sp³-hybridized carbons (Fsp3) is 0.556. The van der Waals surface area contributed by atoms with Crippen LogP contribution in [0, 0.1) is 0 Å². The highest BCUT2D eigenvalue weighted by atomic mass is 35.5. The molecule has 0 aliphatic heterocycles. The average molecular weight is 474 g/mol. The molecule has 2 N–H and O–H groups in total. The van der Waals surface area contributed by atoms with E-state index in [4.69, 9.17) is 38.7 Å². The number of hydrogen-bond donors (Lipinski definition) is 1. The maximum atomic E-state index is 11.7. The number of halogens is 4. The monoisotopic (exact) mass is 472 g/mol. The largest absolute Gasteiger partial charge is 0.465 e. The summed E-state index contributed by atoms with van der Waals surface area (Å²) in [5, 5.41) is 0. The number of benzene rings is 1. The zero-order valence-corrected chi connectivity index (χ0v) is 19.2. The molecule has 0 radical (unpaired) electrons. The molecule has 28 heavy (non-hydrogen) atoms. The Kier molecular flexibility index (Phi) is 12.9. The number of aryl methyl sites for hydroxylation is 2. The van der Waals surface area contributed by atoms with Crippen molar-refractivity contribution in [3.63, 3.8) is 0 Å². The van der Waals surface area contributed by atoms with Crippen molar-refractivity contribution >= 4 is 70.7 Å². The van der Waals surface area contributed by atoms with Gasteiger partial charge in [-0.3, -0.25) is 4.79 Å². The Labute approximate surface area is 188 Å². The van der Waals surface area contributed by atoms with Crippen molar-refractivity contribution in [2.45, 2.75) is 25.8 Å². The zero-order valence-electron chi connectivity index (χ0n) is 16.1. The summed E-state index contributed by atoms with van der Waals surface area (Å²) in [6.45, 7) is 3.57. The van der Waals surface area contributed by atoms with Crippen molar-refractivity contribution in [1.82, 2.24) is 9.55 Å². The van der Waals surface area contributed by atoms with Crippen molar-refractivity contribution in [3.8, 4) is 0 Å². The third-order valence-corrected chi connectivity index (χ3v) is 4.64. The van der Waals surface area contributed by atoms with E-state index in [0.717, 1.165) is 35.6 Å². The maximum Gasteiger partial charge on any atom is 0.322 e. The summed E-state index contributed by atoms with van der Waals surface area (Å²) in [5.74, 6) is 1.59. The number of aromatic nitrogens is 2. The number of carbonyl (C=O) groups excluding carboxylic acids is 1. The summed E-state index contributed by atoms with van der Waals surface area (Å²) in [6, 6.07) is 5.51. The molecule has 10 heteroatoms.